The van der Waals surface area contributed by atoms with Crippen LogP contribution < -0.4 is 0 Å². The summed E-state index contributed by atoms with van der Waals surface area (Å²) in [6.45, 7) is 7.45. The fourth-order valence-corrected chi connectivity index (χ4v) is 3.23. The number of hydrogen-bond acceptors (Lipinski definition) is 1. The Hall–Kier alpha value is -1.09. The van der Waals surface area contributed by atoms with Crippen molar-refractivity contribution in [3.63, 3.8) is 0 Å². The molecule has 1 aromatic heterocycles. The molecule has 21 heavy (non-hydrogen) atoms. The fraction of sp³-hybridized carbons (Fsp3) is 0.500. The van der Waals surface area contributed by atoms with Crippen molar-refractivity contribution in [3.05, 3.63) is 52.8 Å². The van der Waals surface area contributed by atoms with Gasteiger partial charge in [0, 0.05) is 17.6 Å². The molecule has 0 fully saturated rings. The molecule has 0 aliphatic rings. The Bertz CT molecular complexity index is 574. The van der Waals surface area contributed by atoms with Gasteiger partial charge in [-0.15, -0.1) is 0 Å². The Morgan fingerprint density at radius 3 is 2.62 bits per heavy atom. The maximum Gasteiger partial charge on any atom is 0.0624 e. The van der Waals surface area contributed by atoms with E-state index in [2.05, 4.69) is 76.8 Å². The second kappa shape index (κ2) is 7.79. The molecule has 0 saturated carbocycles. The molecule has 1 atom stereocenters. The lowest BCUT2D eigenvalue weighted by atomic mass is 9.95. The van der Waals surface area contributed by atoms with Crippen LogP contribution in [0.5, 0.6) is 0 Å². The minimum atomic E-state index is 0.610. The highest BCUT2D eigenvalue weighted by atomic mass is 79.9. The molecule has 1 heterocycles. The van der Waals surface area contributed by atoms with Crippen LogP contribution >= 0.6 is 15.9 Å². The number of hydrogen-bond donors (Lipinski definition) is 0. The van der Waals surface area contributed by atoms with E-state index in [9.17, 15) is 0 Å². The van der Waals surface area contributed by atoms with Crippen LogP contribution in [0.15, 0.2) is 30.3 Å². The highest BCUT2D eigenvalue weighted by Crippen LogP contribution is 2.19. The fourth-order valence-electron chi connectivity index (χ4n) is 2.78. The predicted octanol–water partition coefficient (Wildman–Crippen LogP) is 4.57. The third-order valence-electron chi connectivity index (χ3n) is 3.90. The summed E-state index contributed by atoms with van der Waals surface area (Å²) in [5.41, 5.74) is 5.34. The zero-order chi connectivity index (χ0) is 15.2. The Balaban J connectivity index is 2.10. The standard InChI is InChI=1S/C18H25BrN2/c1-4-17-12-18(21(5-2)20-17)11-16(13-19)10-15-8-6-7-14(3)9-15/h6-9,12,16H,4-5,10-11,13H2,1-3H3. The Morgan fingerprint density at radius 2 is 2.00 bits per heavy atom. The van der Waals surface area contributed by atoms with Gasteiger partial charge in [0.15, 0.2) is 0 Å². The second-order valence-electron chi connectivity index (χ2n) is 5.71. The third kappa shape index (κ3) is 4.44. The molecule has 2 aromatic rings. The smallest absolute Gasteiger partial charge is 0.0624 e. The SMILES string of the molecule is CCc1cc(CC(CBr)Cc2cccc(C)c2)n(CC)n1. The first-order valence-electron chi connectivity index (χ1n) is 7.83. The molecule has 2 nitrogen and oxygen atoms in total. The van der Waals surface area contributed by atoms with Crippen molar-refractivity contribution in [2.24, 2.45) is 5.92 Å². The molecule has 0 aliphatic carbocycles. The topological polar surface area (TPSA) is 17.8 Å². The molecule has 0 N–H and O–H groups in total. The minimum absolute atomic E-state index is 0.610. The van der Waals surface area contributed by atoms with Gasteiger partial charge in [0.2, 0.25) is 0 Å². The number of benzene rings is 1. The predicted molar refractivity (Wildman–Crippen MR) is 93.2 cm³/mol. The Kier molecular flexibility index (Phi) is 6.04. The van der Waals surface area contributed by atoms with Crippen LogP contribution in [0, 0.1) is 12.8 Å². The quantitative estimate of drug-likeness (QED) is 0.670. The number of aromatic nitrogens is 2. The van der Waals surface area contributed by atoms with Gasteiger partial charge in [0.25, 0.3) is 0 Å². The first kappa shape index (κ1) is 16.3. The summed E-state index contributed by atoms with van der Waals surface area (Å²) in [7, 11) is 0. The van der Waals surface area contributed by atoms with Gasteiger partial charge in [-0.05, 0) is 50.7 Å². The summed E-state index contributed by atoms with van der Waals surface area (Å²) >= 11 is 3.69. The van der Waals surface area contributed by atoms with Crippen molar-refractivity contribution in [2.45, 2.75) is 46.6 Å². The van der Waals surface area contributed by atoms with Crippen LogP contribution in [-0.2, 0) is 25.8 Å². The van der Waals surface area contributed by atoms with E-state index in [-0.39, 0.29) is 0 Å². The second-order valence-corrected chi connectivity index (χ2v) is 6.36. The van der Waals surface area contributed by atoms with Crippen molar-refractivity contribution < 1.29 is 0 Å². The van der Waals surface area contributed by atoms with Gasteiger partial charge in [0.1, 0.15) is 0 Å². The zero-order valence-corrected chi connectivity index (χ0v) is 14.9. The molecule has 0 spiro atoms. The molecular weight excluding hydrogens is 324 g/mol. The molecule has 3 heteroatoms. The van der Waals surface area contributed by atoms with Gasteiger partial charge in [-0.3, -0.25) is 4.68 Å². The van der Waals surface area contributed by atoms with Crippen molar-refractivity contribution >= 4 is 15.9 Å². The van der Waals surface area contributed by atoms with E-state index >= 15 is 0 Å². The van der Waals surface area contributed by atoms with E-state index in [1.54, 1.807) is 0 Å². The van der Waals surface area contributed by atoms with Crippen molar-refractivity contribution in [1.82, 2.24) is 9.78 Å². The molecule has 1 aromatic carbocycles. The molecule has 2 rings (SSSR count). The first-order chi connectivity index (χ1) is 10.2. The van der Waals surface area contributed by atoms with Gasteiger partial charge < -0.3 is 0 Å². The summed E-state index contributed by atoms with van der Waals surface area (Å²) in [5.74, 6) is 0.610. The summed E-state index contributed by atoms with van der Waals surface area (Å²) in [6, 6.07) is 11.1. The number of alkyl halides is 1. The van der Waals surface area contributed by atoms with Crippen LogP contribution in [0.3, 0.4) is 0 Å². The van der Waals surface area contributed by atoms with E-state index in [4.69, 9.17) is 0 Å². The highest BCUT2D eigenvalue weighted by molar-refractivity contribution is 9.09. The lowest BCUT2D eigenvalue weighted by Crippen LogP contribution is -2.13. The average molecular weight is 349 g/mol. The van der Waals surface area contributed by atoms with E-state index in [0.717, 1.165) is 31.1 Å². The number of halogens is 1. The molecule has 0 saturated heterocycles. The first-order valence-corrected chi connectivity index (χ1v) is 8.95. The number of rotatable bonds is 7. The highest BCUT2D eigenvalue weighted by Gasteiger charge is 2.14. The van der Waals surface area contributed by atoms with Gasteiger partial charge in [-0.25, -0.2) is 0 Å². The normalized spacial score (nSPS) is 12.6. The Morgan fingerprint density at radius 1 is 1.19 bits per heavy atom. The molecule has 0 amide bonds. The molecule has 0 radical (unpaired) electrons. The van der Waals surface area contributed by atoms with Crippen LogP contribution in [0.1, 0.15) is 36.4 Å². The van der Waals surface area contributed by atoms with Crippen LogP contribution in [0.25, 0.3) is 0 Å². The van der Waals surface area contributed by atoms with E-state index in [1.807, 2.05) is 0 Å². The van der Waals surface area contributed by atoms with E-state index < -0.39 is 0 Å². The number of nitrogens with zero attached hydrogens (tertiary/aromatic N) is 2. The minimum Gasteiger partial charge on any atom is -0.270 e. The molecule has 0 bridgehead atoms. The van der Waals surface area contributed by atoms with Gasteiger partial charge in [0.05, 0.1) is 5.69 Å². The van der Waals surface area contributed by atoms with Crippen LogP contribution in [-0.4, -0.2) is 15.1 Å². The van der Waals surface area contributed by atoms with Crippen molar-refractivity contribution in [2.75, 3.05) is 5.33 Å². The molecule has 0 aliphatic heterocycles. The van der Waals surface area contributed by atoms with Crippen LogP contribution in [0.2, 0.25) is 0 Å². The van der Waals surface area contributed by atoms with Gasteiger partial charge in [-0.2, -0.15) is 5.10 Å². The summed E-state index contributed by atoms with van der Waals surface area (Å²) in [6.07, 6.45) is 3.21. The van der Waals surface area contributed by atoms with E-state index in [0.29, 0.717) is 5.92 Å². The van der Waals surface area contributed by atoms with Crippen molar-refractivity contribution in [3.8, 4) is 0 Å². The summed E-state index contributed by atoms with van der Waals surface area (Å²) < 4.78 is 2.16. The average Bonchev–Trinajstić information content (AvgIpc) is 2.88. The largest absolute Gasteiger partial charge is 0.270 e. The van der Waals surface area contributed by atoms with Gasteiger partial charge in [-0.1, -0.05) is 52.7 Å². The maximum atomic E-state index is 4.66. The molecule has 114 valence electrons. The zero-order valence-electron chi connectivity index (χ0n) is 13.3. The van der Waals surface area contributed by atoms with Crippen molar-refractivity contribution in [1.29, 1.82) is 0 Å². The molecular formula is C18H25BrN2. The lowest BCUT2D eigenvalue weighted by Gasteiger charge is -2.15. The monoisotopic (exact) mass is 348 g/mol. The van der Waals surface area contributed by atoms with Gasteiger partial charge >= 0.3 is 0 Å². The third-order valence-corrected chi connectivity index (χ3v) is 4.81. The summed E-state index contributed by atoms with van der Waals surface area (Å²) in [5, 5.41) is 5.68. The maximum absolute atomic E-state index is 4.66. The molecule has 1 unspecified atom stereocenters. The summed E-state index contributed by atoms with van der Waals surface area (Å²) in [4.78, 5) is 0. The van der Waals surface area contributed by atoms with E-state index in [1.165, 1.54) is 22.5 Å². The lowest BCUT2D eigenvalue weighted by molar-refractivity contribution is 0.535. The Labute approximate surface area is 136 Å². The van der Waals surface area contributed by atoms with Crippen LogP contribution in [0.4, 0.5) is 0 Å². The number of aryl methyl sites for hydroxylation is 3.